The minimum Gasteiger partial charge on any atom is -0.477 e. The maximum atomic E-state index is 13.6. The fourth-order valence-electron chi connectivity index (χ4n) is 2.72. The molecule has 0 aromatic heterocycles. The molecule has 2 aliphatic rings. The van der Waals surface area contributed by atoms with E-state index in [2.05, 4.69) is 5.32 Å². The number of para-hydroxylation sites is 1. The molecule has 2 N–H and O–H groups in total. The first-order chi connectivity index (χ1) is 9.69. The van der Waals surface area contributed by atoms with Gasteiger partial charge in [-0.15, -0.1) is 0 Å². The molecule has 1 aromatic carbocycles. The lowest BCUT2D eigenvalue weighted by Gasteiger charge is -2.19. The van der Waals surface area contributed by atoms with Crippen LogP contribution in [0.2, 0.25) is 0 Å². The Balaban J connectivity index is 1.63. The van der Waals surface area contributed by atoms with Crippen molar-refractivity contribution in [3.63, 3.8) is 0 Å². The molecule has 0 radical (unpaired) electrons. The Labute approximate surface area is 116 Å². The quantitative estimate of drug-likeness (QED) is 0.856. The molecule has 2 atom stereocenters. The molecule has 0 bridgehead atoms. The first-order valence-electron chi connectivity index (χ1n) is 7.04. The van der Waals surface area contributed by atoms with Crippen molar-refractivity contribution in [2.24, 2.45) is 5.92 Å². The molecule has 2 unspecified atom stereocenters. The van der Waals surface area contributed by atoms with Crippen LogP contribution >= 0.6 is 0 Å². The molecule has 108 valence electrons. The highest BCUT2D eigenvalue weighted by atomic mass is 19.1. The highest BCUT2D eigenvalue weighted by Gasteiger charge is 2.36. The molecule has 1 saturated carbocycles. The topological polar surface area (TPSA) is 58.6 Å². The summed E-state index contributed by atoms with van der Waals surface area (Å²) >= 11 is 0. The van der Waals surface area contributed by atoms with E-state index in [1.165, 1.54) is 6.07 Å². The second-order valence-electron chi connectivity index (χ2n) is 5.50. The Kier molecular flexibility index (Phi) is 3.61. The molecule has 20 heavy (non-hydrogen) atoms. The van der Waals surface area contributed by atoms with E-state index in [0.717, 1.165) is 18.4 Å². The van der Waals surface area contributed by atoms with Crippen molar-refractivity contribution in [1.29, 1.82) is 0 Å². The van der Waals surface area contributed by atoms with E-state index in [-0.39, 0.29) is 24.3 Å². The van der Waals surface area contributed by atoms with Crippen LogP contribution in [0.4, 0.5) is 4.39 Å². The van der Waals surface area contributed by atoms with Crippen molar-refractivity contribution in [2.75, 3.05) is 6.61 Å². The van der Waals surface area contributed by atoms with Gasteiger partial charge >= 0.3 is 0 Å². The number of nitrogens with one attached hydrogen (secondary N) is 1. The third-order valence-electron chi connectivity index (χ3n) is 3.97. The zero-order valence-electron chi connectivity index (χ0n) is 11.1. The number of benzene rings is 1. The molecule has 1 heterocycles. The lowest BCUT2D eigenvalue weighted by Crippen LogP contribution is -2.44. The van der Waals surface area contributed by atoms with E-state index in [0.29, 0.717) is 18.8 Å². The van der Waals surface area contributed by atoms with Crippen molar-refractivity contribution in [1.82, 2.24) is 5.32 Å². The van der Waals surface area contributed by atoms with Crippen LogP contribution < -0.4 is 10.1 Å². The van der Waals surface area contributed by atoms with Gasteiger partial charge in [0.1, 0.15) is 0 Å². The van der Waals surface area contributed by atoms with Crippen LogP contribution in [0.3, 0.4) is 0 Å². The first-order valence-corrected chi connectivity index (χ1v) is 7.04. The molecule has 1 aliphatic carbocycles. The van der Waals surface area contributed by atoms with Crippen LogP contribution in [0.1, 0.15) is 24.8 Å². The predicted octanol–water partition coefficient (Wildman–Crippen LogP) is 1.41. The van der Waals surface area contributed by atoms with E-state index >= 15 is 0 Å². The molecule has 1 fully saturated rings. The van der Waals surface area contributed by atoms with Crippen molar-refractivity contribution in [3.8, 4) is 5.75 Å². The van der Waals surface area contributed by atoms with Crippen molar-refractivity contribution in [2.45, 2.75) is 37.8 Å². The fourth-order valence-corrected chi connectivity index (χ4v) is 2.72. The summed E-state index contributed by atoms with van der Waals surface area (Å²) in [5.41, 5.74) is 0.732. The van der Waals surface area contributed by atoms with Crippen LogP contribution in [-0.4, -0.2) is 29.8 Å². The third-order valence-corrected chi connectivity index (χ3v) is 3.97. The van der Waals surface area contributed by atoms with Crippen LogP contribution in [0.15, 0.2) is 18.2 Å². The second-order valence-corrected chi connectivity index (χ2v) is 5.50. The Morgan fingerprint density at radius 2 is 2.30 bits per heavy atom. The summed E-state index contributed by atoms with van der Waals surface area (Å²) in [7, 11) is 0. The molecule has 1 aliphatic heterocycles. The molecule has 5 heteroatoms. The Bertz CT molecular complexity index is 516. The van der Waals surface area contributed by atoms with Gasteiger partial charge in [0.15, 0.2) is 17.7 Å². The number of carbonyl (C=O) groups excluding carboxylic acids is 1. The highest BCUT2D eigenvalue weighted by molar-refractivity contribution is 5.82. The van der Waals surface area contributed by atoms with Gasteiger partial charge in [-0.05, 0) is 31.2 Å². The zero-order chi connectivity index (χ0) is 14.1. The van der Waals surface area contributed by atoms with E-state index < -0.39 is 11.9 Å². The number of rotatable bonds is 5. The molecule has 4 nitrogen and oxygen atoms in total. The summed E-state index contributed by atoms with van der Waals surface area (Å²) in [5, 5.41) is 12.0. The lowest BCUT2D eigenvalue weighted by molar-refractivity contribution is -0.128. The molecule has 1 aromatic rings. The van der Waals surface area contributed by atoms with Gasteiger partial charge in [-0.25, -0.2) is 4.39 Å². The first kappa shape index (κ1) is 13.4. The maximum absolute atomic E-state index is 13.6. The second kappa shape index (κ2) is 5.40. The van der Waals surface area contributed by atoms with Crippen LogP contribution in [0, 0.1) is 11.7 Å². The molecule has 0 spiro atoms. The largest absolute Gasteiger partial charge is 0.477 e. The summed E-state index contributed by atoms with van der Waals surface area (Å²) in [6.07, 6.45) is 2.47. The van der Waals surface area contributed by atoms with Crippen LogP contribution in [0.25, 0.3) is 0 Å². The van der Waals surface area contributed by atoms with Gasteiger partial charge in [0.2, 0.25) is 0 Å². The van der Waals surface area contributed by atoms with E-state index in [1.54, 1.807) is 12.1 Å². The standard InChI is InChI=1S/C15H18FNO3/c16-11-3-1-2-10-8-13(20-14(10)11)15(19)17-12(6-7-18)9-4-5-9/h1-3,9,12-13,18H,4-8H2,(H,17,19). The van der Waals surface area contributed by atoms with Crippen molar-refractivity contribution >= 4 is 5.91 Å². The summed E-state index contributed by atoms with van der Waals surface area (Å²) in [6, 6.07) is 4.73. The average Bonchev–Trinajstić information content (AvgIpc) is 3.17. The number of hydrogen-bond acceptors (Lipinski definition) is 3. The number of carbonyl (C=O) groups is 1. The van der Waals surface area contributed by atoms with Gasteiger partial charge in [0, 0.05) is 24.6 Å². The van der Waals surface area contributed by atoms with Gasteiger partial charge in [-0.1, -0.05) is 12.1 Å². The molecule has 3 rings (SSSR count). The summed E-state index contributed by atoms with van der Waals surface area (Å²) in [5.74, 6) is 0.0160. The third kappa shape index (κ3) is 2.63. The number of ether oxygens (including phenoxy) is 1. The number of halogens is 1. The van der Waals surface area contributed by atoms with Crippen molar-refractivity contribution in [3.05, 3.63) is 29.6 Å². The minimum absolute atomic E-state index is 0.00431. The Hall–Kier alpha value is -1.62. The molecule has 1 amide bonds. The summed E-state index contributed by atoms with van der Waals surface area (Å²) in [4.78, 5) is 12.2. The zero-order valence-corrected chi connectivity index (χ0v) is 11.1. The molecular weight excluding hydrogens is 261 g/mol. The number of amides is 1. The lowest BCUT2D eigenvalue weighted by atomic mass is 10.1. The number of hydrogen-bond donors (Lipinski definition) is 2. The van der Waals surface area contributed by atoms with Crippen LogP contribution in [0.5, 0.6) is 5.75 Å². The average molecular weight is 279 g/mol. The number of aliphatic hydroxyl groups excluding tert-OH is 1. The van der Waals surface area contributed by atoms with Gasteiger partial charge in [-0.3, -0.25) is 4.79 Å². The van der Waals surface area contributed by atoms with E-state index in [4.69, 9.17) is 9.84 Å². The Morgan fingerprint density at radius 1 is 1.50 bits per heavy atom. The van der Waals surface area contributed by atoms with E-state index in [1.807, 2.05) is 0 Å². The van der Waals surface area contributed by atoms with Gasteiger partial charge in [0.25, 0.3) is 5.91 Å². The van der Waals surface area contributed by atoms with Gasteiger partial charge < -0.3 is 15.2 Å². The number of fused-ring (bicyclic) bond motifs is 1. The SMILES string of the molecule is O=C(NC(CCO)C1CC1)C1Cc2cccc(F)c2O1. The molecule has 0 saturated heterocycles. The fraction of sp³-hybridized carbons (Fsp3) is 0.533. The van der Waals surface area contributed by atoms with Gasteiger partial charge in [0.05, 0.1) is 0 Å². The maximum Gasteiger partial charge on any atom is 0.261 e. The van der Waals surface area contributed by atoms with E-state index in [9.17, 15) is 9.18 Å². The van der Waals surface area contributed by atoms with Crippen molar-refractivity contribution < 1.29 is 19.0 Å². The predicted molar refractivity (Wildman–Crippen MR) is 70.9 cm³/mol. The highest BCUT2D eigenvalue weighted by Crippen LogP contribution is 2.35. The number of aliphatic hydroxyl groups is 1. The smallest absolute Gasteiger partial charge is 0.261 e. The summed E-state index contributed by atoms with van der Waals surface area (Å²) in [6.45, 7) is 0.0574. The van der Waals surface area contributed by atoms with Gasteiger partial charge in [-0.2, -0.15) is 0 Å². The monoisotopic (exact) mass is 279 g/mol. The normalized spacial score (nSPS) is 22.0. The summed E-state index contributed by atoms with van der Waals surface area (Å²) < 4.78 is 19.0. The van der Waals surface area contributed by atoms with Crippen LogP contribution in [-0.2, 0) is 11.2 Å². The molecular formula is C15H18FNO3. The minimum atomic E-state index is -0.665. The Morgan fingerprint density at radius 3 is 2.95 bits per heavy atom.